The molecule has 17 heavy (non-hydrogen) atoms. The summed E-state index contributed by atoms with van der Waals surface area (Å²) < 4.78 is 13.7. The molecule has 3 nitrogen and oxygen atoms in total. The Morgan fingerprint density at radius 2 is 2.35 bits per heavy atom. The summed E-state index contributed by atoms with van der Waals surface area (Å²) in [4.78, 5) is 4.21. The zero-order valence-electron chi connectivity index (χ0n) is 8.95. The Morgan fingerprint density at radius 3 is 3.00 bits per heavy atom. The van der Waals surface area contributed by atoms with E-state index in [1.165, 1.54) is 23.5 Å². The van der Waals surface area contributed by atoms with Crippen molar-refractivity contribution in [2.45, 2.75) is 6.92 Å². The number of halogens is 2. The van der Waals surface area contributed by atoms with Crippen molar-refractivity contribution in [1.82, 2.24) is 4.98 Å². The lowest BCUT2D eigenvalue weighted by molar-refractivity contribution is 0.627. The fourth-order valence-corrected chi connectivity index (χ4v) is 2.42. The summed E-state index contributed by atoms with van der Waals surface area (Å²) >= 11 is 3.57. The molecule has 2 aromatic rings. The number of hydrogen-bond donors (Lipinski definition) is 1. The molecular formula is C11H9FIN3S. The minimum absolute atomic E-state index is 0.241. The minimum Gasteiger partial charge on any atom is -0.253 e. The molecule has 0 aliphatic rings. The van der Waals surface area contributed by atoms with Crippen molar-refractivity contribution in [2.75, 3.05) is 5.43 Å². The maximum Gasteiger partial charge on any atom is 0.203 e. The van der Waals surface area contributed by atoms with Crippen LogP contribution < -0.4 is 5.43 Å². The molecule has 0 aliphatic carbocycles. The number of rotatable bonds is 3. The molecule has 0 spiro atoms. The molecule has 0 atom stereocenters. The van der Waals surface area contributed by atoms with Crippen LogP contribution in [0, 0.1) is 16.3 Å². The second kappa shape index (κ2) is 5.54. The first-order valence-corrected chi connectivity index (χ1v) is 6.77. The minimum atomic E-state index is -0.241. The number of anilines is 1. The molecule has 0 amide bonds. The molecule has 2 rings (SSSR count). The Balaban J connectivity index is 2.05. The van der Waals surface area contributed by atoms with Gasteiger partial charge in [0.25, 0.3) is 0 Å². The number of hydrazone groups is 1. The van der Waals surface area contributed by atoms with E-state index < -0.39 is 0 Å². The first-order chi connectivity index (χ1) is 8.15. The molecule has 1 aromatic carbocycles. The maximum absolute atomic E-state index is 12.9. The van der Waals surface area contributed by atoms with Gasteiger partial charge in [-0.1, -0.05) is 0 Å². The molecular weight excluding hydrogens is 352 g/mol. The molecule has 0 unspecified atom stereocenters. The van der Waals surface area contributed by atoms with E-state index in [2.05, 4.69) is 38.1 Å². The van der Waals surface area contributed by atoms with E-state index in [-0.39, 0.29) is 5.82 Å². The normalized spacial score (nSPS) is 11.0. The number of benzene rings is 1. The lowest BCUT2D eigenvalue weighted by atomic mass is 10.2. The van der Waals surface area contributed by atoms with Gasteiger partial charge in [-0.25, -0.2) is 9.37 Å². The molecule has 1 heterocycles. The summed E-state index contributed by atoms with van der Waals surface area (Å²) in [5.41, 5.74) is 4.67. The van der Waals surface area contributed by atoms with E-state index in [4.69, 9.17) is 0 Å². The average molecular weight is 361 g/mol. The van der Waals surface area contributed by atoms with Gasteiger partial charge < -0.3 is 0 Å². The molecule has 0 saturated heterocycles. The van der Waals surface area contributed by atoms with Crippen LogP contribution in [0.3, 0.4) is 0 Å². The van der Waals surface area contributed by atoms with Crippen molar-refractivity contribution < 1.29 is 4.39 Å². The predicted octanol–water partition coefficient (Wildman–Crippen LogP) is 3.64. The zero-order chi connectivity index (χ0) is 12.3. The van der Waals surface area contributed by atoms with Crippen molar-refractivity contribution in [2.24, 2.45) is 5.10 Å². The van der Waals surface area contributed by atoms with Gasteiger partial charge >= 0.3 is 0 Å². The Hall–Kier alpha value is -1.02. The van der Waals surface area contributed by atoms with E-state index in [0.29, 0.717) is 0 Å². The fraction of sp³-hybridized carbons (Fsp3) is 0.0909. The van der Waals surface area contributed by atoms with E-state index in [1.807, 2.05) is 12.3 Å². The molecule has 0 saturated carbocycles. The van der Waals surface area contributed by atoms with Crippen LogP contribution in [-0.4, -0.2) is 11.2 Å². The van der Waals surface area contributed by atoms with Crippen LogP contribution in [0.1, 0.15) is 11.3 Å². The van der Waals surface area contributed by atoms with Gasteiger partial charge in [0.1, 0.15) is 5.82 Å². The summed E-state index contributed by atoms with van der Waals surface area (Å²) in [6.45, 7) is 1.92. The van der Waals surface area contributed by atoms with Crippen LogP contribution >= 0.6 is 33.9 Å². The lowest BCUT2D eigenvalue weighted by Gasteiger charge is -1.98. The summed E-state index contributed by atoms with van der Waals surface area (Å²) in [6, 6.07) is 4.57. The van der Waals surface area contributed by atoms with Gasteiger partial charge in [0.2, 0.25) is 5.13 Å². The van der Waals surface area contributed by atoms with Crippen molar-refractivity contribution in [3.05, 3.63) is 44.2 Å². The average Bonchev–Trinajstić information content (AvgIpc) is 2.68. The monoisotopic (exact) mass is 361 g/mol. The lowest BCUT2D eigenvalue weighted by Crippen LogP contribution is -1.92. The van der Waals surface area contributed by atoms with Crippen molar-refractivity contribution in [3.63, 3.8) is 0 Å². The molecule has 0 radical (unpaired) electrons. The summed E-state index contributed by atoms with van der Waals surface area (Å²) in [5, 5.41) is 6.75. The smallest absolute Gasteiger partial charge is 0.203 e. The van der Waals surface area contributed by atoms with Gasteiger partial charge in [0, 0.05) is 14.5 Å². The van der Waals surface area contributed by atoms with E-state index in [0.717, 1.165) is 20.0 Å². The molecule has 88 valence electrons. The quantitative estimate of drug-likeness (QED) is 0.515. The Kier molecular flexibility index (Phi) is 4.06. The highest BCUT2D eigenvalue weighted by Gasteiger charge is 1.99. The van der Waals surface area contributed by atoms with E-state index in [1.54, 1.807) is 12.3 Å². The Bertz CT molecular complexity index is 553. The van der Waals surface area contributed by atoms with Gasteiger partial charge in [-0.2, -0.15) is 5.10 Å². The fourth-order valence-electron chi connectivity index (χ4n) is 1.17. The maximum atomic E-state index is 12.9. The first-order valence-electron chi connectivity index (χ1n) is 4.81. The highest BCUT2D eigenvalue weighted by molar-refractivity contribution is 14.1. The zero-order valence-corrected chi connectivity index (χ0v) is 11.9. The SMILES string of the molecule is Cc1csc(NN=Cc2ccc(F)cc2I)n1. The van der Waals surface area contributed by atoms with Gasteiger partial charge in [0.05, 0.1) is 11.9 Å². The third-order valence-electron chi connectivity index (χ3n) is 1.95. The van der Waals surface area contributed by atoms with Gasteiger partial charge in [-0.05, 0) is 47.7 Å². The second-order valence-corrected chi connectivity index (χ2v) is 5.35. The number of nitrogens with zero attached hydrogens (tertiary/aromatic N) is 2. The summed E-state index contributed by atoms with van der Waals surface area (Å²) in [6.07, 6.45) is 1.65. The van der Waals surface area contributed by atoms with Crippen LogP contribution in [-0.2, 0) is 0 Å². The highest BCUT2D eigenvalue weighted by Crippen LogP contribution is 2.15. The first kappa shape index (κ1) is 12.4. The molecule has 0 fully saturated rings. The number of aryl methyl sites for hydroxylation is 1. The van der Waals surface area contributed by atoms with Crippen molar-refractivity contribution in [3.8, 4) is 0 Å². The predicted molar refractivity (Wildman–Crippen MR) is 77.2 cm³/mol. The van der Waals surface area contributed by atoms with Crippen LogP contribution in [0.4, 0.5) is 9.52 Å². The van der Waals surface area contributed by atoms with Gasteiger partial charge in [0.15, 0.2) is 0 Å². The molecule has 1 aromatic heterocycles. The number of thiazole rings is 1. The molecule has 1 N–H and O–H groups in total. The third-order valence-corrected chi connectivity index (χ3v) is 3.74. The molecule has 6 heteroatoms. The Morgan fingerprint density at radius 1 is 1.53 bits per heavy atom. The standard InChI is InChI=1S/C11H9FIN3S/c1-7-6-17-11(15-7)16-14-5-8-2-3-9(12)4-10(8)13/h2-6H,1H3,(H,15,16). The summed E-state index contributed by atoms with van der Waals surface area (Å²) in [5.74, 6) is -0.241. The van der Waals surface area contributed by atoms with Crippen molar-refractivity contribution in [1.29, 1.82) is 0 Å². The molecule has 0 bridgehead atoms. The van der Waals surface area contributed by atoms with E-state index >= 15 is 0 Å². The summed E-state index contributed by atoms with van der Waals surface area (Å²) in [7, 11) is 0. The van der Waals surface area contributed by atoms with Crippen LogP contribution in [0.2, 0.25) is 0 Å². The molecule has 0 aliphatic heterocycles. The number of aromatic nitrogens is 1. The topological polar surface area (TPSA) is 37.3 Å². The third kappa shape index (κ3) is 3.47. The van der Waals surface area contributed by atoms with Crippen LogP contribution in [0.5, 0.6) is 0 Å². The van der Waals surface area contributed by atoms with Gasteiger partial charge in [-0.15, -0.1) is 11.3 Å². The highest BCUT2D eigenvalue weighted by atomic mass is 127. The van der Waals surface area contributed by atoms with Crippen LogP contribution in [0.15, 0.2) is 28.7 Å². The largest absolute Gasteiger partial charge is 0.253 e. The Labute approximate surface area is 116 Å². The second-order valence-electron chi connectivity index (χ2n) is 3.33. The van der Waals surface area contributed by atoms with Gasteiger partial charge in [-0.3, -0.25) is 5.43 Å². The number of hydrogen-bond acceptors (Lipinski definition) is 4. The number of nitrogens with one attached hydrogen (secondary N) is 1. The van der Waals surface area contributed by atoms with Crippen LogP contribution in [0.25, 0.3) is 0 Å². The van der Waals surface area contributed by atoms with Crippen molar-refractivity contribution >= 4 is 45.3 Å². The van der Waals surface area contributed by atoms with E-state index in [9.17, 15) is 4.39 Å².